The third kappa shape index (κ3) is 11.9. The van der Waals surface area contributed by atoms with Crippen molar-refractivity contribution in [3.05, 3.63) is 54.5 Å². The molecule has 0 radical (unpaired) electrons. The number of thioether (sulfide) groups is 1. The zero-order valence-corrected chi connectivity index (χ0v) is 29.5. The van der Waals surface area contributed by atoms with Gasteiger partial charge in [0.1, 0.15) is 10.6 Å². The summed E-state index contributed by atoms with van der Waals surface area (Å²) in [5.41, 5.74) is 0.267. The zero-order chi connectivity index (χ0) is 30.8. The van der Waals surface area contributed by atoms with Crippen molar-refractivity contribution in [3.8, 4) is 0 Å². The average Bonchev–Trinajstić information content (AvgIpc) is 3.71. The fourth-order valence-electron chi connectivity index (χ4n) is 2.48. The van der Waals surface area contributed by atoms with Crippen molar-refractivity contribution in [2.24, 2.45) is 14.1 Å². The van der Waals surface area contributed by atoms with Crippen LogP contribution < -0.4 is 29.6 Å². The SMILES string of the molecule is CC1(C)C(=O)N(Cl)C(=O)N1Cl.Cn1cc(S(=O)(=O)Cl)nn1.Cn1cc(SCc2ccccc2)nn1.[Na+].[S-]c1cn[nH]n1. The van der Waals surface area contributed by atoms with E-state index in [2.05, 4.69) is 60.8 Å². The predicted molar refractivity (Wildman–Crippen MR) is 153 cm³/mol. The number of aromatic amines is 1. The minimum absolute atomic E-state index is 0. The maximum absolute atomic E-state index is 11.1. The monoisotopic (exact) mass is 705 g/mol. The van der Waals surface area contributed by atoms with E-state index >= 15 is 0 Å². The van der Waals surface area contributed by atoms with Crippen LogP contribution in [-0.4, -0.2) is 80.1 Å². The number of benzene rings is 1. The van der Waals surface area contributed by atoms with Gasteiger partial charge in [-0.25, -0.2) is 17.6 Å². The number of carbonyl (C=O) groups is 2. The number of imide groups is 1. The molecule has 1 aliphatic heterocycles. The van der Waals surface area contributed by atoms with Crippen molar-refractivity contribution in [1.82, 2.24) is 54.2 Å². The number of rotatable bonds is 4. The van der Waals surface area contributed by atoms with E-state index in [0.29, 0.717) is 9.44 Å². The molecule has 0 spiro atoms. The Morgan fingerprint density at radius 3 is 1.93 bits per heavy atom. The molecule has 3 aromatic heterocycles. The van der Waals surface area contributed by atoms with Crippen LogP contribution in [0.25, 0.3) is 0 Å². The predicted octanol–water partition coefficient (Wildman–Crippen LogP) is -0.0987. The minimum atomic E-state index is -3.70. The molecule has 1 aromatic carbocycles. The Bertz CT molecular complexity index is 1520. The van der Waals surface area contributed by atoms with Crippen LogP contribution in [-0.2, 0) is 46.3 Å². The van der Waals surface area contributed by atoms with E-state index < -0.39 is 26.5 Å². The van der Waals surface area contributed by atoms with Gasteiger partial charge in [-0.3, -0.25) is 14.2 Å². The molecule has 0 aliphatic carbocycles. The first-order valence-electron chi connectivity index (χ1n) is 11.0. The van der Waals surface area contributed by atoms with Crippen molar-refractivity contribution < 1.29 is 47.6 Å². The van der Waals surface area contributed by atoms with Gasteiger partial charge in [-0.2, -0.15) is 19.8 Å². The summed E-state index contributed by atoms with van der Waals surface area (Å²) < 4.78 is 25.2. The van der Waals surface area contributed by atoms with Crippen LogP contribution in [0, 0.1) is 0 Å². The summed E-state index contributed by atoms with van der Waals surface area (Å²) in [5, 5.41) is 25.1. The van der Waals surface area contributed by atoms with E-state index in [1.54, 1.807) is 23.5 Å². The summed E-state index contributed by atoms with van der Waals surface area (Å²) in [5.74, 6) is 0.429. The van der Waals surface area contributed by atoms with Gasteiger partial charge in [0.05, 0.1) is 12.4 Å². The summed E-state index contributed by atoms with van der Waals surface area (Å²) >= 11 is 17.0. The first-order valence-corrected chi connectivity index (χ1v) is 15.4. The summed E-state index contributed by atoms with van der Waals surface area (Å²) in [6.45, 7) is 3.03. The molecular weight excluding hydrogens is 684 g/mol. The van der Waals surface area contributed by atoms with Crippen LogP contribution in [0.15, 0.2) is 64.0 Å². The van der Waals surface area contributed by atoms with Crippen LogP contribution in [0.3, 0.4) is 0 Å². The maximum Gasteiger partial charge on any atom is 1.00 e. The Balaban J connectivity index is 0.000000288. The van der Waals surface area contributed by atoms with Crippen LogP contribution in [0.4, 0.5) is 4.79 Å². The van der Waals surface area contributed by atoms with Gasteiger partial charge in [-0.1, -0.05) is 52.5 Å². The van der Waals surface area contributed by atoms with E-state index in [0.717, 1.165) is 15.2 Å². The molecular formula is C20H23Cl3N11NaO4S3. The first kappa shape index (κ1) is 38.0. The molecule has 15 nitrogen and oxygen atoms in total. The molecule has 1 saturated heterocycles. The smallest absolute Gasteiger partial charge is 0.757 e. The molecule has 222 valence electrons. The minimum Gasteiger partial charge on any atom is -0.757 e. The van der Waals surface area contributed by atoms with Gasteiger partial charge in [-0.05, 0) is 24.4 Å². The molecule has 1 N–H and O–H groups in total. The standard InChI is InChI=1S/C10H11N3S.C5H6Cl2N2O2.C3H4ClN3O2S.C2H3N3S.Na/c1-13-7-10(11-12-13)14-8-9-5-3-2-4-6-9;1-5(2)3(10)8(6)4(11)9(5)7;1-7-2-3(5-6-7)10(4,8)9;6-2-1-3-5-4-2;/h2-7H,8H2,1H3;1-2H3;2H,1H3;1H,(H2,3,4,5,6);/q;;;;+1/p-1. The number of hydrogen-bond donors (Lipinski definition) is 1. The number of carbonyl (C=O) groups excluding carboxylic acids is 2. The van der Waals surface area contributed by atoms with Gasteiger partial charge < -0.3 is 12.6 Å². The summed E-state index contributed by atoms with van der Waals surface area (Å²) in [4.78, 5) is 22.0. The van der Waals surface area contributed by atoms with Crippen LogP contribution in [0.1, 0.15) is 19.4 Å². The topological polar surface area (TPSA) is 178 Å². The summed E-state index contributed by atoms with van der Waals surface area (Å²) in [7, 11) is 4.65. The zero-order valence-electron chi connectivity index (χ0n) is 22.8. The fraction of sp³-hybridized carbons (Fsp3) is 0.300. The molecule has 0 atom stereocenters. The Morgan fingerprint density at radius 1 is 1.02 bits per heavy atom. The Labute approximate surface area is 288 Å². The van der Waals surface area contributed by atoms with Crippen LogP contribution >= 0.6 is 46.0 Å². The van der Waals surface area contributed by atoms with E-state index in [9.17, 15) is 18.0 Å². The Kier molecular flexibility index (Phi) is 15.7. The van der Waals surface area contributed by atoms with Gasteiger partial charge in [0.15, 0.2) is 0 Å². The Morgan fingerprint density at radius 2 is 1.62 bits per heavy atom. The molecule has 1 aliphatic rings. The van der Waals surface area contributed by atoms with Crippen LogP contribution in [0.5, 0.6) is 0 Å². The average molecular weight is 707 g/mol. The fourth-order valence-corrected chi connectivity index (χ4v) is 4.50. The van der Waals surface area contributed by atoms with Gasteiger partial charge in [0.25, 0.3) is 15.0 Å². The van der Waals surface area contributed by atoms with Crippen molar-refractivity contribution in [2.45, 2.75) is 40.2 Å². The van der Waals surface area contributed by atoms with Crippen molar-refractivity contribution >= 4 is 79.6 Å². The van der Waals surface area contributed by atoms with Crippen molar-refractivity contribution in [1.29, 1.82) is 0 Å². The van der Waals surface area contributed by atoms with Gasteiger partial charge in [-0.15, -0.1) is 10.2 Å². The van der Waals surface area contributed by atoms with Gasteiger partial charge in [0, 0.05) is 60.3 Å². The quantitative estimate of drug-likeness (QED) is 0.0746. The number of urea groups is 1. The third-order valence-electron chi connectivity index (χ3n) is 4.56. The molecule has 0 saturated carbocycles. The summed E-state index contributed by atoms with van der Waals surface area (Å²) in [6.07, 6.45) is 4.63. The van der Waals surface area contributed by atoms with E-state index in [4.69, 9.17) is 34.2 Å². The second-order valence-electron chi connectivity index (χ2n) is 8.19. The van der Waals surface area contributed by atoms with E-state index in [1.807, 2.05) is 31.4 Å². The number of H-pyrrole nitrogens is 1. The Hall–Kier alpha value is -2.03. The summed E-state index contributed by atoms with van der Waals surface area (Å²) in [6, 6.07) is 9.64. The molecule has 1 fully saturated rings. The molecule has 4 heterocycles. The number of amides is 3. The number of aromatic nitrogens is 9. The van der Waals surface area contributed by atoms with E-state index in [1.165, 1.54) is 36.5 Å². The molecule has 0 bridgehead atoms. The molecule has 22 heteroatoms. The molecule has 42 heavy (non-hydrogen) atoms. The van der Waals surface area contributed by atoms with E-state index in [-0.39, 0.29) is 34.6 Å². The second kappa shape index (κ2) is 17.3. The number of nitrogens with one attached hydrogen (secondary N) is 1. The van der Waals surface area contributed by atoms with Crippen molar-refractivity contribution in [2.75, 3.05) is 0 Å². The normalized spacial score (nSPS) is 13.6. The van der Waals surface area contributed by atoms with Crippen LogP contribution in [0.2, 0.25) is 0 Å². The number of halogens is 3. The van der Waals surface area contributed by atoms with Gasteiger partial charge >= 0.3 is 35.6 Å². The maximum atomic E-state index is 11.1. The number of nitrogens with zero attached hydrogens (tertiary/aromatic N) is 10. The number of hydrogen-bond acceptors (Lipinski definition) is 12. The first-order chi connectivity index (χ1) is 19.1. The van der Waals surface area contributed by atoms with Crippen molar-refractivity contribution in [3.63, 3.8) is 0 Å². The number of aryl methyl sites for hydroxylation is 2. The second-order valence-corrected chi connectivity index (χ2v) is 12.8. The largest absolute Gasteiger partial charge is 1.00 e. The molecule has 0 unspecified atom stereocenters. The molecule has 5 rings (SSSR count). The van der Waals surface area contributed by atoms with Gasteiger partial charge in [0.2, 0.25) is 5.03 Å². The molecule has 4 aromatic rings. The third-order valence-corrected chi connectivity index (χ3v) is 7.75. The molecule has 3 amide bonds.